The lowest BCUT2D eigenvalue weighted by Crippen LogP contribution is -2.37. The number of epoxide rings is 1. The number of aromatic hydroxyl groups is 1. The van der Waals surface area contributed by atoms with Gasteiger partial charge in [-0.2, -0.15) is 0 Å². The van der Waals surface area contributed by atoms with Crippen molar-refractivity contribution in [3.63, 3.8) is 0 Å². The Balaban J connectivity index is 1.97. The molecule has 8 heteroatoms. The fourth-order valence-corrected chi connectivity index (χ4v) is 3.20. The maximum atomic E-state index is 12.6. The first-order valence-corrected chi connectivity index (χ1v) is 8.80. The summed E-state index contributed by atoms with van der Waals surface area (Å²) in [7, 11) is 1.43. The normalized spacial score (nSPS) is 35.2. The van der Waals surface area contributed by atoms with Crippen molar-refractivity contribution in [1.82, 2.24) is 0 Å². The number of phenolic OH excluding ortho intramolecular Hbond substituents is 1. The van der Waals surface area contributed by atoms with Crippen LogP contribution in [0.3, 0.4) is 0 Å². The van der Waals surface area contributed by atoms with Gasteiger partial charge < -0.3 is 34.6 Å². The van der Waals surface area contributed by atoms with E-state index < -0.39 is 42.6 Å². The van der Waals surface area contributed by atoms with Crippen LogP contribution in [0.1, 0.15) is 41.8 Å². The van der Waals surface area contributed by atoms with Crippen LogP contribution in [0.25, 0.3) is 0 Å². The number of esters is 1. The van der Waals surface area contributed by atoms with Crippen LogP contribution < -0.4 is 4.74 Å². The first-order chi connectivity index (χ1) is 12.8. The van der Waals surface area contributed by atoms with Crippen molar-refractivity contribution in [2.75, 3.05) is 7.11 Å². The molecule has 27 heavy (non-hydrogen) atoms. The van der Waals surface area contributed by atoms with Crippen LogP contribution in [0.15, 0.2) is 24.3 Å². The van der Waals surface area contributed by atoms with Gasteiger partial charge in [0.1, 0.15) is 41.5 Å². The highest BCUT2D eigenvalue weighted by atomic mass is 16.6. The Morgan fingerprint density at radius 3 is 2.67 bits per heavy atom. The largest absolute Gasteiger partial charge is 0.507 e. The summed E-state index contributed by atoms with van der Waals surface area (Å²) in [6.45, 7) is 1.67. The number of ether oxygens (including phenoxy) is 3. The van der Waals surface area contributed by atoms with Gasteiger partial charge in [0.2, 0.25) is 0 Å². The van der Waals surface area contributed by atoms with Crippen LogP contribution in [0.4, 0.5) is 0 Å². The number of carbonyl (C=O) groups excluding carboxylic acids is 1. The standard InChI is InChI=1S/C19H24O8/c1-9-4-3-5-12(20)17(23)14(22)8-15-18(27-15)11-6-10(25-2)7-13(21)16(11)19(24)26-9/h3,5-7,9,12,14-15,17-18,20-23H,4,8H2,1-2H3/b5-3-/t9-,12-,14-,15+,17+,18+/m0/s1. The third-order valence-electron chi connectivity index (χ3n) is 4.78. The van der Waals surface area contributed by atoms with Crippen LogP contribution in [-0.2, 0) is 9.47 Å². The molecule has 0 unspecified atom stereocenters. The number of aliphatic hydroxyl groups is 3. The summed E-state index contributed by atoms with van der Waals surface area (Å²) in [6.07, 6.45) is -2.15. The lowest BCUT2D eigenvalue weighted by molar-refractivity contribution is -0.0464. The van der Waals surface area contributed by atoms with E-state index in [0.717, 1.165) is 0 Å². The van der Waals surface area contributed by atoms with E-state index in [0.29, 0.717) is 17.7 Å². The highest BCUT2D eigenvalue weighted by Crippen LogP contribution is 2.46. The van der Waals surface area contributed by atoms with Crippen molar-refractivity contribution < 1.29 is 39.4 Å². The molecule has 0 spiro atoms. The number of carbonyl (C=O) groups is 1. The lowest BCUT2D eigenvalue weighted by atomic mass is 9.96. The topological polar surface area (TPSA) is 129 Å². The van der Waals surface area contributed by atoms with Crippen molar-refractivity contribution >= 4 is 5.97 Å². The maximum Gasteiger partial charge on any atom is 0.342 e. The van der Waals surface area contributed by atoms with Crippen LogP contribution in [0.5, 0.6) is 11.5 Å². The molecule has 0 saturated carbocycles. The molecule has 2 aliphatic heterocycles. The molecule has 6 atom stereocenters. The Hall–Kier alpha value is -2.13. The van der Waals surface area contributed by atoms with E-state index in [9.17, 15) is 25.2 Å². The zero-order valence-electron chi connectivity index (χ0n) is 15.1. The molecule has 3 rings (SSSR count). The summed E-state index contributed by atoms with van der Waals surface area (Å²) in [6, 6.07) is 2.90. The molecule has 0 amide bonds. The zero-order valence-corrected chi connectivity index (χ0v) is 15.1. The van der Waals surface area contributed by atoms with E-state index in [4.69, 9.17) is 14.2 Å². The maximum absolute atomic E-state index is 12.6. The predicted molar refractivity (Wildman–Crippen MR) is 93.5 cm³/mol. The molecule has 1 aromatic carbocycles. The van der Waals surface area contributed by atoms with Crippen LogP contribution in [0.2, 0.25) is 0 Å². The molecule has 8 nitrogen and oxygen atoms in total. The van der Waals surface area contributed by atoms with E-state index in [1.54, 1.807) is 19.1 Å². The molecule has 0 aromatic heterocycles. The van der Waals surface area contributed by atoms with Gasteiger partial charge in [-0.1, -0.05) is 12.2 Å². The minimum Gasteiger partial charge on any atom is -0.507 e. The Morgan fingerprint density at radius 1 is 1.22 bits per heavy atom. The Labute approximate surface area is 156 Å². The third-order valence-corrected chi connectivity index (χ3v) is 4.78. The summed E-state index contributed by atoms with van der Waals surface area (Å²) >= 11 is 0. The van der Waals surface area contributed by atoms with Gasteiger partial charge in [-0.25, -0.2) is 4.79 Å². The van der Waals surface area contributed by atoms with Gasteiger partial charge in [-0.15, -0.1) is 0 Å². The second-order valence-electron chi connectivity index (χ2n) is 6.87. The lowest BCUT2D eigenvalue weighted by Gasteiger charge is -2.21. The predicted octanol–water partition coefficient (Wildman–Crippen LogP) is 0.819. The first-order valence-electron chi connectivity index (χ1n) is 8.80. The number of methoxy groups -OCH3 is 1. The number of cyclic esters (lactones) is 1. The monoisotopic (exact) mass is 380 g/mol. The molecule has 2 aliphatic rings. The number of fused-ring (bicyclic) bond motifs is 3. The van der Waals surface area contributed by atoms with E-state index in [2.05, 4.69) is 0 Å². The SMILES string of the molecule is COc1cc(O)c2c(c1)[C@H]1O[C@@H]1C[C@H](O)[C@H](O)[C@@H](O)/C=C\C[C@H](C)OC2=O. The molecule has 2 heterocycles. The molecule has 148 valence electrons. The number of phenols is 1. The van der Waals surface area contributed by atoms with Crippen molar-refractivity contribution in [3.05, 3.63) is 35.4 Å². The van der Waals surface area contributed by atoms with Gasteiger partial charge in [0, 0.05) is 24.5 Å². The van der Waals surface area contributed by atoms with Crippen LogP contribution in [0, 0.1) is 0 Å². The molecule has 0 aliphatic carbocycles. The second kappa shape index (κ2) is 7.85. The Morgan fingerprint density at radius 2 is 1.96 bits per heavy atom. The molecule has 1 fully saturated rings. The first kappa shape index (κ1) is 19.6. The summed E-state index contributed by atoms with van der Waals surface area (Å²) in [5, 5.41) is 40.5. The van der Waals surface area contributed by atoms with E-state index in [-0.39, 0.29) is 17.7 Å². The molecule has 1 aromatic rings. The quantitative estimate of drug-likeness (QED) is 0.320. The highest BCUT2D eigenvalue weighted by Gasteiger charge is 2.45. The molecule has 0 radical (unpaired) electrons. The average molecular weight is 380 g/mol. The molecule has 0 bridgehead atoms. The molecule has 4 N–H and O–H groups in total. The number of benzene rings is 1. The van der Waals surface area contributed by atoms with E-state index in [1.807, 2.05) is 0 Å². The number of aliphatic hydroxyl groups excluding tert-OH is 3. The summed E-state index contributed by atoms with van der Waals surface area (Å²) in [4.78, 5) is 12.6. The Bertz CT molecular complexity index is 731. The molecule has 1 saturated heterocycles. The minimum atomic E-state index is -1.37. The van der Waals surface area contributed by atoms with E-state index in [1.165, 1.54) is 19.3 Å². The fourth-order valence-electron chi connectivity index (χ4n) is 3.20. The van der Waals surface area contributed by atoms with Gasteiger partial charge in [0.25, 0.3) is 0 Å². The van der Waals surface area contributed by atoms with Crippen molar-refractivity contribution in [2.24, 2.45) is 0 Å². The second-order valence-corrected chi connectivity index (χ2v) is 6.87. The van der Waals surface area contributed by atoms with Gasteiger partial charge in [-0.3, -0.25) is 0 Å². The third kappa shape index (κ3) is 4.24. The van der Waals surface area contributed by atoms with E-state index >= 15 is 0 Å². The molecular formula is C19H24O8. The van der Waals surface area contributed by atoms with Crippen molar-refractivity contribution in [3.8, 4) is 11.5 Å². The number of hydrogen-bond acceptors (Lipinski definition) is 8. The number of hydrogen-bond donors (Lipinski definition) is 4. The highest BCUT2D eigenvalue weighted by molar-refractivity contribution is 5.95. The average Bonchev–Trinajstić information content (AvgIpc) is 3.38. The zero-order chi connectivity index (χ0) is 19.7. The van der Waals surface area contributed by atoms with Crippen molar-refractivity contribution in [2.45, 2.75) is 56.4 Å². The minimum absolute atomic E-state index is 0.00809. The van der Waals surface area contributed by atoms with Gasteiger partial charge in [-0.05, 0) is 13.0 Å². The van der Waals surface area contributed by atoms with Gasteiger partial charge in [0.15, 0.2) is 0 Å². The van der Waals surface area contributed by atoms with Gasteiger partial charge >= 0.3 is 5.97 Å². The fraction of sp³-hybridized carbons (Fsp3) is 0.526. The van der Waals surface area contributed by atoms with Crippen LogP contribution in [-0.4, -0.2) is 64.0 Å². The van der Waals surface area contributed by atoms with Gasteiger partial charge in [0.05, 0.1) is 19.3 Å². The van der Waals surface area contributed by atoms with Crippen molar-refractivity contribution in [1.29, 1.82) is 0 Å². The summed E-state index contributed by atoms with van der Waals surface area (Å²) in [5.41, 5.74) is 0.384. The molecular weight excluding hydrogens is 356 g/mol. The smallest absolute Gasteiger partial charge is 0.342 e. The Kier molecular flexibility index (Phi) is 5.71. The summed E-state index contributed by atoms with van der Waals surface area (Å²) < 4.78 is 16.1. The summed E-state index contributed by atoms with van der Waals surface area (Å²) in [5.74, 6) is -0.630. The number of rotatable bonds is 1. The van der Waals surface area contributed by atoms with Crippen LogP contribution >= 0.6 is 0 Å².